The van der Waals surface area contributed by atoms with Gasteiger partial charge in [0.15, 0.2) is 11.9 Å². The molecule has 0 spiro atoms. The zero-order chi connectivity index (χ0) is 24.6. The van der Waals surface area contributed by atoms with Crippen LogP contribution in [-0.2, 0) is 17.6 Å². The molecule has 1 fully saturated rings. The topological polar surface area (TPSA) is 132 Å². The summed E-state index contributed by atoms with van der Waals surface area (Å²) in [5, 5.41) is 11.0. The van der Waals surface area contributed by atoms with Gasteiger partial charge in [-0.25, -0.2) is 9.47 Å². The van der Waals surface area contributed by atoms with Gasteiger partial charge in [0.25, 0.3) is 11.8 Å². The monoisotopic (exact) mass is 477 g/mol. The van der Waals surface area contributed by atoms with Crippen molar-refractivity contribution in [1.82, 2.24) is 29.6 Å². The molecule has 1 aliphatic carbocycles. The smallest absolute Gasteiger partial charge is 0.337 e. The number of anilines is 2. The van der Waals surface area contributed by atoms with Crippen LogP contribution in [0.1, 0.15) is 62.9 Å². The zero-order valence-electron chi connectivity index (χ0n) is 20.5. The number of amides is 1. The van der Waals surface area contributed by atoms with E-state index in [-0.39, 0.29) is 10.4 Å². The molecule has 0 radical (unpaired) electrons. The summed E-state index contributed by atoms with van der Waals surface area (Å²) in [6, 6.07) is 5.31. The highest BCUT2D eigenvalue weighted by atomic mass is 16.5. The van der Waals surface area contributed by atoms with Crippen molar-refractivity contribution >= 4 is 29.2 Å². The fraction of sp³-hybridized carbons (Fsp3) is 0.480. The number of rotatable bonds is 8. The van der Waals surface area contributed by atoms with Crippen LogP contribution in [0.2, 0.25) is 0 Å². The molecular formula is C25H33N8O2+. The Balaban J connectivity index is 1.68. The lowest BCUT2D eigenvalue weighted by atomic mass is 10.1. The minimum atomic E-state index is -0.511. The molecule has 1 saturated heterocycles. The molecule has 0 saturated carbocycles. The van der Waals surface area contributed by atoms with Gasteiger partial charge in [0.1, 0.15) is 5.82 Å². The van der Waals surface area contributed by atoms with E-state index in [4.69, 9.17) is 20.4 Å². The van der Waals surface area contributed by atoms with Gasteiger partial charge in [-0.2, -0.15) is 15.1 Å². The molecule has 1 amide bonds. The number of carbonyl (C=O) groups is 1. The lowest BCUT2D eigenvalue weighted by molar-refractivity contribution is -0.121. The Kier molecular flexibility index (Phi) is 6.14. The van der Waals surface area contributed by atoms with Crippen molar-refractivity contribution in [2.45, 2.75) is 64.8 Å². The van der Waals surface area contributed by atoms with Gasteiger partial charge in [0.05, 0.1) is 18.8 Å². The Hall–Kier alpha value is -3.53. The molecule has 35 heavy (non-hydrogen) atoms. The fourth-order valence-corrected chi connectivity index (χ4v) is 5.36. The third-order valence-corrected chi connectivity index (χ3v) is 7.06. The standard InChI is InChI=1S/C25H32N8O2/c1-4-35-24-20(10-6-12-27-24)33(13-7-11-19(33)22(26)34)25-28-17-9-5-8-16(17)23(30-25)29-21-14-18(15(2)3)31-32-21/h6,10,12,14-15,19H,4-5,7-9,11,13H2,1-3H3,(H3-,26,28,29,30,31,32,34)/p+1. The number of quaternary nitrogens is 1. The number of aromatic nitrogens is 5. The molecule has 2 unspecified atom stereocenters. The van der Waals surface area contributed by atoms with Crippen molar-refractivity contribution in [3.63, 3.8) is 0 Å². The van der Waals surface area contributed by atoms with E-state index in [1.807, 2.05) is 25.1 Å². The third-order valence-electron chi connectivity index (χ3n) is 7.06. The first-order chi connectivity index (χ1) is 16.9. The van der Waals surface area contributed by atoms with Crippen molar-refractivity contribution in [1.29, 1.82) is 0 Å². The second kappa shape index (κ2) is 9.26. The van der Waals surface area contributed by atoms with Crippen molar-refractivity contribution in [2.75, 3.05) is 18.5 Å². The highest BCUT2D eigenvalue weighted by Crippen LogP contribution is 2.46. The zero-order valence-corrected chi connectivity index (χ0v) is 20.5. The molecule has 0 aromatic carbocycles. The Morgan fingerprint density at radius 1 is 1.31 bits per heavy atom. The highest BCUT2D eigenvalue weighted by molar-refractivity contribution is 5.85. The molecule has 0 bridgehead atoms. The molecule has 10 heteroatoms. The molecule has 10 nitrogen and oxygen atoms in total. The van der Waals surface area contributed by atoms with Gasteiger partial charge in [0, 0.05) is 42.4 Å². The Bertz CT molecular complexity index is 1240. The third kappa shape index (κ3) is 4.01. The number of H-pyrrole nitrogens is 1. The Morgan fingerprint density at radius 2 is 2.17 bits per heavy atom. The maximum Gasteiger partial charge on any atom is 0.337 e. The van der Waals surface area contributed by atoms with Gasteiger partial charge >= 0.3 is 5.95 Å². The predicted molar refractivity (Wildman–Crippen MR) is 134 cm³/mol. The van der Waals surface area contributed by atoms with Crippen LogP contribution in [0.15, 0.2) is 24.4 Å². The number of ether oxygens (including phenoxy) is 1. The average molecular weight is 478 g/mol. The van der Waals surface area contributed by atoms with Crippen LogP contribution in [0.25, 0.3) is 0 Å². The SMILES string of the molecule is CCOc1ncccc1[N+]1(c2nc3c(c(Nc4cc(C(C)C)[nH]n4)n2)CCC3)CCCC1C(N)=O. The van der Waals surface area contributed by atoms with Gasteiger partial charge in [-0.05, 0) is 38.2 Å². The van der Waals surface area contributed by atoms with Crippen LogP contribution in [0.4, 0.5) is 23.3 Å². The second-order valence-electron chi connectivity index (χ2n) is 9.55. The van der Waals surface area contributed by atoms with Crippen LogP contribution in [-0.4, -0.2) is 50.2 Å². The van der Waals surface area contributed by atoms with E-state index in [9.17, 15) is 4.79 Å². The number of nitrogens with one attached hydrogen (secondary N) is 2. The Morgan fingerprint density at radius 3 is 2.91 bits per heavy atom. The number of aromatic amines is 1. The van der Waals surface area contributed by atoms with E-state index >= 15 is 0 Å². The summed E-state index contributed by atoms with van der Waals surface area (Å²) < 4.78 is 6.01. The van der Waals surface area contributed by atoms with Gasteiger partial charge in [-0.1, -0.05) is 13.8 Å². The van der Waals surface area contributed by atoms with E-state index in [0.717, 1.165) is 54.1 Å². The number of nitrogens with two attached hydrogens (primary N) is 1. The highest BCUT2D eigenvalue weighted by Gasteiger charge is 2.53. The van der Waals surface area contributed by atoms with Gasteiger partial charge in [-0.3, -0.25) is 9.89 Å². The van der Waals surface area contributed by atoms with Crippen molar-refractivity contribution < 1.29 is 9.53 Å². The quantitative estimate of drug-likeness (QED) is 0.422. The number of primary amides is 1. The van der Waals surface area contributed by atoms with Crippen LogP contribution in [0, 0.1) is 0 Å². The summed E-state index contributed by atoms with van der Waals surface area (Å²) >= 11 is 0. The number of pyridine rings is 1. The first kappa shape index (κ1) is 23.2. The summed E-state index contributed by atoms with van der Waals surface area (Å²) in [5.41, 5.74) is 9.90. The summed E-state index contributed by atoms with van der Waals surface area (Å²) in [4.78, 5) is 27.4. The molecule has 4 heterocycles. The van der Waals surface area contributed by atoms with Crippen LogP contribution in [0.3, 0.4) is 0 Å². The minimum Gasteiger partial charge on any atom is -0.474 e. The predicted octanol–water partition coefficient (Wildman–Crippen LogP) is 3.64. The van der Waals surface area contributed by atoms with E-state index in [1.54, 1.807) is 6.20 Å². The number of carbonyl (C=O) groups excluding carboxylic acids is 1. The van der Waals surface area contributed by atoms with Crippen molar-refractivity contribution in [3.8, 4) is 5.88 Å². The average Bonchev–Trinajstić information content (AvgIpc) is 3.59. The fourth-order valence-electron chi connectivity index (χ4n) is 5.36. The van der Waals surface area contributed by atoms with Gasteiger partial charge in [-0.15, -0.1) is 0 Å². The number of hydrogen-bond acceptors (Lipinski definition) is 7. The number of nitrogens with zero attached hydrogens (tertiary/aromatic N) is 5. The number of aryl methyl sites for hydroxylation is 1. The van der Waals surface area contributed by atoms with Gasteiger partial charge in [0.2, 0.25) is 5.69 Å². The van der Waals surface area contributed by atoms with Crippen LogP contribution >= 0.6 is 0 Å². The first-order valence-corrected chi connectivity index (χ1v) is 12.4. The molecule has 2 atom stereocenters. The summed E-state index contributed by atoms with van der Waals surface area (Å²) in [5.74, 6) is 2.43. The molecule has 4 N–H and O–H groups in total. The largest absolute Gasteiger partial charge is 0.474 e. The molecule has 184 valence electrons. The number of hydrogen-bond donors (Lipinski definition) is 3. The molecule has 5 rings (SSSR count). The van der Waals surface area contributed by atoms with E-state index in [2.05, 4.69) is 34.3 Å². The number of fused-ring (bicyclic) bond motifs is 1. The maximum absolute atomic E-state index is 12.8. The summed E-state index contributed by atoms with van der Waals surface area (Å²) in [6.45, 7) is 7.25. The molecule has 1 aliphatic heterocycles. The molecular weight excluding hydrogens is 444 g/mol. The molecule has 3 aromatic rings. The molecule has 2 aliphatic rings. The second-order valence-corrected chi connectivity index (χ2v) is 9.55. The Labute approximate surface area is 204 Å². The van der Waals surface area contributed by atoms with Crippen molar-refractivity contribution in [3.05, 3.63) is 41.3 Å². The first-order valence-electron chi connectivity index (χ1n) is 12.4. The summed E-state index contributed by atoms with van der Waals surface area (Å²) in [6.07, 6.45) is 5.93. The maximum atomic E-state index is 12.8. The summed E-state index contributed by atoms with van der Waals surface area (Å²) in [7, 11) is 0. The lowest BCUT2D eigenvalue weighted by Gasteiger charge is -2.36. The van der Waals surface area contributed by atoms with Crippen molar-refractivity contribution in [2.24, 2.45) is 5.73 Å². The van der Waals surface area contributed by atoms with Gasteiger partial charge < -0.3 is 15.8 Å². The molecule has 3 aromatic heterocycles. The minimum absolute atomic E-state index is 0.109. The normalized spacial score (nSPS) is 21.3. The van der Waals surface area contributed by atoms with E-state index in [1.165, 1.54) is 0 Å². The van der Waals surface area contributed by atoms with E-state index in [0.29, 0.717) is 43.1 Å². The van der Waals surface area contributed by atoms with Crippen LogP contribution in [0.5, 0.6) is 5.88 Å². The lowest BCUT2D eigenvalue weighted by Crippen LogP contribution is -2.55. The van der Waals surface area contributed by atoms with Crippen LogP contribution < -0.4 is 20.3 Å². The van der Waals surface area contributed by atoms with E-state index < -0.39 is 6.04 Å².